The highest BCUT2D eigenvalue weighted by atomic mass is 79.9. The normalized spacial score (nSPS) is 13.0. The number of rotatable bonds is 7. The summed E-state index contributed by atoms with van der Waals surface area (Å²) >= 11 is 5.29. The summed E-state index contributed by atoms with van der Waals surface area (Å²) in [4.78, 5) is 1.43. The summed E-state index contributed by atoms with van der Waals surface area (Å²) in [7, 11) is 3.78. The predicted molar refractivity (Wildman–Crippen MR) is 69.7 cm³/mol. The van der Waals surface area contributed by atoms with Gasteiger partial charge in [-0.2, -0.15) is 0 Å². The van der Waals surface area contributed by atoms with Gasteiger partial charge < -0.3 is 10.1 Å². The molecule has 0 aliphatic rings. The molecule has 1 aromatic rings. The second-order valence-electron chi connectivity index (χ2n) is 3.56. The molecule has 15 heavy (non-hydrogen) atoms. The van der Waals surface area contributed by atoms with Crippen LogP contribution in [0.1, 0.15) is 17.7 Å². The summed E-state index contributed by atoms with van der Waals surface area (Å²) in [6.45, 7) is 0.853. The van der Waals surface area contributed by atoms with Crippen LogP contribution in [0.15, 0.2) is 15.9 Å². The molecule has 0 aliphatic carbocycles. The minimum absolute atomic E-state index is 0.561. The van der Waals surface area contributed by atoms with Gasteiger partial charge in [0, 0.05) is 34.5 Å². The first kappa shape index (κ1) is 13.2. The standard InChI is InChI=1S/C11H18BrNOS/c1-13-10(4-3-5-14-2)7-11-6-9(12)8-15-11/h6,8,10,13H,3-5,7H2,1-2H3. The monoisotopic (exact) mass is 291 g/mol. The average molecular weight is 292 g/mol. The van der Waals surface area contributed by atoms with Crippen LogP contribution >= 0.6 is 27.3 Å². The largest absolute Gasteiger partial charge is 0.385 e. The van der Waals surface area contributed by atoms with E-state index >= 15 is 0 Å². The first-order chi connectivity index (χ1) is 7.26. The van der Waals surface area contributed by atoms with Gasteiger partial charge in [-0.3, -0.25) is 0 Å². The highest BCUT2D eigenvalue weighted by Crippen LogP contribution is 2.21. The van der Waals surface area contributed by atoms with Crippen LogP contribution in [0.4, 0.5) is 0 Å². The SMILES string of the molecule is CNC(CCCOC)Cc1cc(Br)cs1. The van der Waals surface area contributed by atoms with Crippen LogP contribution in [0.25, 0.3) is 0 Å². The van der Waals surface area contributed by atoms with E-state index in [1.54, 1.807) is 7.11 Å². The van der Waals surface area contributed by atoms with Gasteiger partial charge in [-0.05, 0) is 48.3 Å². The van der Waals surface area contributed by atoms with Crippen LogP contribution in [0, 0.1) is 0 Å². The Morgan fingerprint density at radius 1 is 1.60 bits per heavy atom. The topological polar surface area (TPSA) is 21.3 Å². The van der Waals surface area contributed by atoms with E-state index in [1.165, 1.54) is 15.8 Å². The van der Waals surface area contributed by atoms with Gasteiger partial charge in [0.15, 0.2) is 0 Å². The van der Waals surface area contributed by atoms with Gasteiger partial charge in [-0.1, -0.05) is 0 Å². The van der Waals surface area contributed by atoms with Crippen LogP contribution in [0.2, 0.25) is 0 Å². The smallest absolute Gasteiger partial charge is 0.0462 e. The number of halogens is 1. The first-order valence-corrected chi connectivity index (χ1v) is 6.82. The Morgan fingerprint density at radius 3 is 2.93 bits per heavy atom. The molecule has 2 nitrogen and oxygen atoms in total. The summed E-state index contributed by atoms with van der Waals surface area (Å²) in [5, 5.41) is 5.49. The van der Waals surface area contributed by atoms with Crippen molar-refractivity contribution in [3.8, 4) is 0 Å². The minimum atomic E-state index is 0.561. The van der Waals surface area contributed by atoms with Gasteiger partial charge in [0.1, 0.15) is 0 Å². The van der Waals surface area contributed by atoms with Crippen LogP contribution in [-0.4, -0.2) is 26.8 Å². The van der Waals surface area contributed by atoms with Crippen molar-refractivity contribution in [1.29, 1.82) is 0 Å². The third-order valence-corrected chi connectivity index (χ3v) is 4.10. The summed E-state index contributed by atoms with van der Waals surface area (Å²) in [6, 6.07) is 2.76. The summed E-state index contributed by atoms with van der Waals surface area (Å²) in [5.74, 6) is 0. The Bertz CT molecular complexity index is 277. The molecule has 0 aliphatic heterocycles. The Balaban J connectivity index is 2.33. The molecule has 0 aromatic carbocycles. The number of hydrogen-bond donors (Lipinski definition) is 1. The molecule has 0 bridgehead atoms. The van der Waals surface area contributed by atoms with Crippen molar-refractivity contribution in [3.63, 3.8) is 0 Å². The Morgan fingerprint density at radius 2 is 2.40 bits per heavy atom. The fourth-order valence-electron chi connectivity index (χ4n) is 1.53. The Kier molecular flexibility index (Phi) is 6.48. The molecule has 1 heterocycles. The number of likely N-dealkylation sites (N-methyl/N-ethyl adjacent to an activating group) is 1. The van der Waals surface area contributed by atoms with E-state index in [2.05, 4.69) is 32.7 Å². The number of ether oxygens (including phenoxy) is 1. The van der Waals surface area contributed by atoms with E-state index in [4.69, 9.17) is 4.74 Å². The molecule has 0 radical (unpaired) electrons. The van der Waals surface area contributed by atoms with Crippen molar-refractivity contribution in [2.45, 2.75) is 25.3 Å². The molecule has 1 atom stereocenters. The maximum atomic E-state index is 5.06. The molecule has 0 fully saturated rings. The highest BCUT2D eigenvalue weighted by Gasteiger charge is 2.08. The fraction of sp³-hybridized carbons (Fsp3) is 0.636. The molecule has 0 saturated carbocycles. The van der Waals surface area contributed by atoms with Crippen LogP contribution < -0.4 is 5.32 Å². The second-order valence-corrected chi connectivity index (χ2v) is 5.47. The van der Waals surface area contributed by atoms with Gasteiger partial charge in [0.05, 0.1) is 0 Å². The van der Waals surface area contributed by atoms with E-state index < -0.39 is 0 Å². The first-order valence-electron chi connectivity index (χ1n) is 5.15. The van der Waals surface area contributed by atoms with E-state index in [1.807, 2.05) is 18.4 Å². The third-order valence-electron chi connectivity index (χ3n) is 2.38. The molecule has 86 valence electrons. The Labute approximate surface area is 104 Å². The summed E-state index contributed by atoms with van der Waals surface area (Å²) in [5.41, 5.74) is 0. The van der Waals surface area contributed by atoms with Crippen LogP contribution in [0.5, 0.6) is 0 Å². The maximum absolute atomic E-state index is 5.06. The number of thiophene rings is 1. The van der Waals surface area contributed by atoms with Gasteiger partial charge in [0.2, 0.25) is 0 Å². The van der Waals surface area contributed by atoms with Crippen LogP contribution in [0.3, 0.4) is 0 Å². The van der Waals surface area contributed by atoms with E-state index in [0.29, 0.717) is 6.04 Å². The van der Waals surface area contributed by atoms with Gasteiger partial charge in [-0.15, -0.1) is 11.3 Å². The van der Waals surface area contributed by atoms with Crippen molar-refractivity contribution >= 4 is 27.3 Å². The summed E-state index contributed by atoms with van der Waals surface area (Å²) in [6.07, 6.45) is 3.39. The fourth-order valence-corrected chi connectivity index (χ4v) is 3.06. The summed E-state index contributed by atoms with van der Waals surface area (Å²) < 4.78 is 6.25. The second kappa shape index (κ2) is 7.39. The van der Waals surface area contributed by atoms with E-state index in [0.717, 1.165) is 19.4 Å². The molecule has 0 saturated heterocycles. The minimum Gasteiger partial charge on any atom is -0.385 e. The van der Waals surface area contributed by atoms with Gasteiger partial charge in [-0.25, -0.2) is 0 Å². The maximum Gasteiger partial charge on any atom is 0.0462 e. The molecule has 1 N–H and O–H groups in total. The molecular formula is C11H18BrNOS. The lowest BCUT2D eigenvalue weighted by Gasteiger charge is -2.14. The van der Waals surface area contributed by atoms with Crippen molar-refractivity contribution in [2.75, 3.05) is 20.8 Å². The van der Waals surface area contributed by atoms with E-state index in [-0.39, 0.29) is 0 Å². The predicted octanol–water partition coefficient (Wildman–Crippen LogP) is 3.07. The van der Waals surface area contributed by atoms with Crippen molar-refractivity contribution in [2.24, 2.45) is 0 Å². The zero-order valence-electron chi connectivity index (χ0n) is 9.25. The van der Waals surface area contributed by atoms with Crippen molar-refractivity contribution < 1.29 is 4.74 Å². The molecule has 1 unspecified atom stereocenters. The average Bonchev–Trinajstić information content (AvgIpc) is 2.63. The number of nitrogens with one attached hydrogen (secondary N) is 1. The Hall–Kier alpha value is 0.1000. The van der Waals surface area contributed by atoms with Crippen LogP contribution in [-0.2, 0) is 11.2 Å². The lowest BCUT2D eigenvalue weighted by Crippen LogP contribution is -2.27. The molecular weight excluding hydrogens is 274 g/mol. The molecule has 1 rings (SSSR count). The zero-order chi connectivity index (χ0) is 11.1. The molecule has 0 amide bonds. The van der Waals surface area contributed by atoms with Crippen molar-refractivity contribution in [1.82, 2.24) is 5.32 Å². The molecule has 0 spiro atoms. The number of hydrogen-bond acceptors (Lipinski definition) is 3. The molecule has 1 aromatic heterocycles. The number of methoxy groups -OCH3 is 1. The quantitative estimate of drug-likeness (QED) is 0.780. The van der Waals surface area contributed by atoms with E-state index in [9.17, 15) is 0 Å². The lowest BCUT2D eigenvalue weighted by atomic mass is 10.1. The van der Waals surface area contributed by atoms with Crippen molar-refractivity contribution in [3.05, 3.63) is 20.8 Å². The van der Waals surface area contributed by atoms with Gasteiger partial charge >= 0.3 is 0 Å². The van der Waals surface area contributed by atoms with Gasteiger partial charge in [0.25, 0.3) is 0 Å². The zero-order valence-corrected chi connectivity index (χ0v) is 11.7. The lowest BCUT2D eigenvalue weighted by molar-refractivity contribution is 0.189. The third kappa shape index (κ3) is 5.11. The molecule has 4 heteroatoms. The highest BCUT2D eigenvalue weighted by molar-refractivity contribution is 9.10.